The van der Waals surface area contributed by atoms with Crippen LogP contribution in [0.15, 0.2) is 24.3 Å². The molecule has 0 bridgehead atoms. The highest BCUT2D eigenvalue weighted by molar-refractivity contribution is 6.30. The van der Waals surface area contributed by atoms with E-state index in [2.05, 4.69) is 30.9 Å². The van der Waals surface area contributed by atoms with E-state index >= 15 is 0 Å². The van der Waals surface area contributed by atoms with Gasteiger partial charge in [-0.3, -0.25) is 4.90 Å². The van der Waals surface area contributed by atoms with Gasteiger partial charge in [0.2, 0.25) is 0 Å². The lowest BCUT2D eigenvalue weighted by Gasteiger charge is -2.34. The first-order valence-electron chi connectivity index (χ1n) is 6.88. The van der Waals surface area contributed by atoms with Gasteiger partial charge in [0.1, 0.15) is 0 Å². The number of hydrogen-bond donors (Lipinski definition) is 1. The molecule has 2 atom stereocenters. The highest BCUT2D eigenvalue weighted by atomic mass is 35.5. The molecule has 108 valence electrons. The minimum Gasteiger partial charge on any atom is -0.383 e. The Morgan fingerprint density at radius 1 is 1.26 bits per heavy atom. The van der Waals surface area contributed by atoms with E-state index in [-0.39, 0.29) is 12.1 Å². The number of likely N-dealkylation sites (N-methyl/N-ethyl adjacent to an activating group) is 1. The first-order valence-corrected chi connectivity index (χ1v) is 7.25. The number of hydrogen-bond acceptors (Lipinski definition) is 3. The molecule has 2 N–H and O–H groups in total. The second kappa shape index (κ2) is 8.54. The minimum atomic E-state index is 0.109. The molecule has 0 heterocycles. The first kappa shape index (κ1) is 16.4. The standard InChI is InChI=1S/C15H25ClN2O/c1-4-14(17)15(18(5-2)10-11-19-3)12-6-8-13(16)9-7-12/h6-9,14-15H,4-5,10-11,17H2,1-3H3. The zero-order chi connectivity index (χ0) is 14.3. The minimum absolute atomic E-state index is 0.109. The van der Waals surface area contributed by atoms with Gasteiger partial charge in [0.15, 0.2) is 0 Å². The monoisotopic (exact) mass is 284 g/mol. The summed E-state index contributed by atoms with van der Waals surface area (Å²) < 4.78 is 5.19. The Balaban J connectivity index is 2.95. The number of benzene rings is 1. The van der Waals surface area contributed by atoms with Crippen LogP contribution >= 0.6 is 11.6 Å². The topological polar surface area (TPSA) is 38.5 Å². The van der Waals surface area contributed by atoms with Crippen molar-refractivity contribution in [3.63, 3.8) is 0 Å². The van der Waals surface area contributed by atoms with Crippen molar-refractivity contribution in [1.82, 2.24) is 4.90 Å². The molecule has 0 spiro atoms. The maximum absolute atomic E-state index is 6.32. The largest absolute Gasteiger partial charge is 0.383 e. The van der Waals surface area contributed by atoms with Gasteiger partial charge in [-0.15, -0.1) is 0 Å². The fraction of sp³-hybridized carbons (Fsp3) is 0.600. The van der Waals surface area contributed by atoms with Gasteiger partial charge < -0.3 is 10.5 Å². The third-order valence-corrected chi connectivity index (χ3v) is 3.72. The lowest BCUT2D eigenvalue weighted by Crippen LogP contribution is -2.42. The first-order chi connectivity index (χ1) is 9.13. The SMILES string of the molecule is CCC(N)C(c1ccc(Cl)cc1)N(CC)CCOC. The highest BCUT2D eigenvalue weighted by Crippen LogP contribution is 2.26. The molecule has 2 unspecified atom stereocenters. The van der Waals surface area contributed by atoms with Crippen molar-refractivity contribution in [3.05, 3.63) is 34.9 Å². The van der Waals surface area contributed by atoms with Crippen molar-refractivity contribution in [2.75, 3.05) is 26.8 Å². The fourth-order valence-electron chi connectivity index (χ4n) is 2.31. The molecular weight excluding hydrogens is 260 g/mol. The Kier molecular flexibility index (Phi) is 7.39. The van der Waals surface area contributed by atoms with Crippen molar-refractivity contribution >= 4 is 11.6 Å². The Hall–Kier alpha value is -0.610. The molecule has 0 saturated heterocycles. The van der Waals surface area contributed by atoms with E-state index in [1.54, 1.807) is 7.11 Å². The molecule has 0 amide bonds. The van der Waals surface area contributed by atoms with Crippen LogP contribution in [0.2, 0.25) is 5.02 Å². The van der Waals surface area contributed by atoms with E-state index in [1.807, 2.05) is 12.1 Å². The molecule has 0 aliphatic carbocycles. The molecule has 3 nitrogen and oxygen atoms in total. The summed E-state index contributed by atoms with van der Waals surface area (Å²) in [5.41, 5.74) is 7.54. The van der Waals surface area contributed by atoms with Gasteiger partial charge in [-0.2, -0.15) is 0 Å². The highest BCUT2D eigenvalue weighted by Gasteiger charge is 2.24. The summed E-state index contributed by atoms with van der Waals surface area (Å²) in [5.74, 6) is 0. The molecule has 1 aromatic carbocycles. The third kappa shape index (κ3) is 4.77. The number of ether oxygens (including phenoxy) is 1. The Morgan fingerprint density at radius 2 is 1.89 bits per heavy atom. The Morgan fingerprint density at radius 3 is 2.37 bits per heavy atom. The van der Waals surface area contributed by atoms with Gasteiger partial charge in [0, 0.05) is 30.8 Å². The second-order valence-electron chi connectivity index (χ2n) is 4.69. The molecule has 1 rings (SSSR count). The lowest BCUT2D eigenvalue weighted by molar-refractivity contribution is 0.112. The maximum Gasteiger partial charge on any atom is 0.0589 e. The van der Waals surface area contributed by atoms with Crippen molar-refractivity contribution < 1.29 is 4.74 Å². The molecule has 0 radical (unpaired) electrons. The molecule has 4 heteroatoms. The predicted molar refractivity (Wildman–Crippen MR) is 81.6 cm³/mol. The molecule has 0 fully saturated rings. The second-order valence-corrected chi connectivity index (χ2v) is 5.13. The quantitative estimate of drug-likeness (QED) is 0.797. The molecular formula is C15H25ClN2O. The summed E-state index contributed by atoms with van der Waals surface area (Å²) in [7, 11) is 1.73. The van der Waals surface area contributed by atoms with E-state index < -0.39 is 0 Å². The molecule has 0 saturated carbocycles. The molecule has 0 aliphatic rings. The fourth-order valence-corrected chi connectivity index (χ4v) is 2.44. The van der Waals surface area contributed by atoms with E-state index in [0.29, 0.717) is 6.61 Å². The van der Waals surface area contributed by atoms with Gasteiger partial charge in [-0.1, -0.05) is 37.6 Å². The van der Waals surface area contributed by atoms with Crippen LogP contribution < -0.4 is 5.73 Å². The zero-order valence-electron chi connectivity index (χ0n) is 12.1. The van der Waals surface area contributed by atoms with Gasteiger partial charge in [0.25, 0.3) is 0 Å². The average molecular weight is 285 g/mol. The van der Waals surface area contributed by atoms with Crippen LogP contribution in [0.1, 0.15) is 31.9 Å². The molecule has 0 aromatic heterocycles. The van der Waals surface area contributed by atoms with E-state index in [9.17, 15) is 0 Å². The van der Waals surface area contributed by atoms with Gasteiger partial charge in [-0.05, 0) is 30.7 Å². The third-order valence-electron chi connectivity index (χ3n) is 3.47. The number of rotatable bonds is 8. The Labute approximate surface area is 121 Å². The van der Waals surface area contributed by atoms with Crippen LogP contribution in [0.3, 0.4) is 0 Å². The normalized spacial score (nSPS) is 14.6. The van der Waals surface area contributed by atoms with Crippen LogP contribution in [-0.4, -0.2) is 37.7 Å². The van der Waals surface area contributed by atoms with Crippen molar-refractivity contribution in [3.8, 4) is 0 Å². The van der Waals surface area contributed by atoms with Crippen LogP contribution in [0, 0.1) is 0 Å². The van der Waals surface area contributed by atoms with Crippen LogP contribution in [0.5, 0.6) is 0 Å². The van der Waals surface area contributed by atoms with Crippen molar-refractivity contribution in [2.45, 2.75) is 32.4 Å². The number of halogens is 1. The predicted octanol–water partition coefficient (Wildman–Crippen LogP) is 3.09. The average Bonchev–Trinajstić information content (AvgIpc) is 2.44. The summed E-state index contributed by atoms with van der Waals surface area (Å²) in [6, 6.07) is 8.31. The van der Waals surface area contributed by atoms with Gasteiger partial charge >= 0.3 is 0 Å². The van der Waals surface area contributed by atoms with Crippen LogP contribution in [0.4, 0.5) is 0 Å². The molecule has 19 heavy (non-hydrogen) atoms. The summed E-state index contributed by atoms with van der Waals surface area (Å²) in [4.78, 5) is 2.36. The van der Waals surface area contributed by atoms with Crippen LogP contribution in [0.25, 0.3) is 0 Å². The maximum atomic E-state index is 6.32. The smallest absolute Gasteiger partial charge is 0.0589 e. The van der Waals surface area contributed by atoms with Crippen molar-refractivity contribution in [1.29, 1.82) is 0 Å². The lowest BCUT2D eigenvalue weighted by atomic mass is 9.96. The van der Waals surface area contributed by atoms with Gasteiger partial charge in [0.05, 0.1) is 6.61 Å². The summed E-state index contributed by atoms with van der Waals surface area (Å²) in [6.45, 7) is 6.82. The summed E-state index contributed by atoms with van der Waals surface area (Å²) in [6.07, 6.45) is 0.941. The summed E-state index contributed by atoms with van der Waals surface area (Å²) in [5, 5.41) is 0.757. The molecule has 1 aromatic rings. The van der Waals surface area contributed by atoms with Crippen LogP contribution in [-0.2, 0) is 4.74 Å². The van der Waals surface area contributed by atoms with Crippen molar-refractivity contribution in [2.24, 2.45) is 5.73 Å². The Bertz CT molecular complexity index is 356. The number of nitrogens with zero attached hydrogens (tertiary/aromatic N) is 1. The van der Waals surface area contributed by atoms with E-state index in [0.717, 1.165) is 24.5 Å². The summed E-state index contributed by atoms with van der Waals surface area (Å²) >= 11 is 5.96. The number of nitrogens with two attached hydrogens (primary N) is 1. The van der Waals surface area contributed by atoms with E-state index in [4.69, 9.17) is 22.1 Å². The zero-order valence-corrected chi connectivity index (χ0v) is 12.9. The number of methoxy groups -OCH3 is 1. The molecule has 0 aliphatic heterocycles. The van der Waals surface area contributed by atoms with Gasteiger partial charge in [-0.25, -0.2) is 0 Å². The van der Waals surface area contributed by atoms with E-state index in [1.165, 1.54) is 5.56 Å².